The fraction of sp³-hybridized carbons (Fsp3) is 0.238. The molecule has 0 unspecified atom stereocenters. The van der Waals surface area contributed by atoms with Crippen molar-refractivity contribution in [1.29, 1.82) is 0 Å². The molecule has 3 aromatic rings. The molecule has 0 radical (unpaired) electrons. The summed E-state index contributed by atoms with van der Waals surface area (Å²) < 4.78 is 6.77. The lowest BCUT2D eigenvalue weighted by Gasteiger charge is -2.10. The van der Waals surface area contributed by atoms with Crippen molar-refractivity contribution in [2.24, 2.45) is 0 Å². The van der Waals surface area contributed by atoms with Crippen LogP contribution < -0.4 is 15.0 Å². The summed E-state index contributed by atoms with van der Waals surface area (Å²) in [6, 6.07) is 15.0. The molecule has 0 spiro atoms. The van der Waals surface area contributed by atoms with Crippen molar-refractivity contribution in [2.45, 2.75) is 0 Å². The second-order valence-corrected chi connectivity index (χ2v) is 7.05. The number of carbonyl (C=O) groups excluding carboxylic acids is 1. The minimum atomic E-state index is -0.467. The van der Waals surface area contributed by atoms with Gasteiger partial charge < -0.3 is 15.0 Å². The second-order valence-electron chi connectivity index (χ2n) is 7.05. The Hall–Kier alpha value is -3.72. The average molecular weight is 410 g/mol. The summed E-state index contributed by atoms with van der Waals surface area (Å²) in [4.78, 5) is 24.6. The summed E-state index contributed by atoms with van der Waals surface area (Å²) in [6.07, 6.45) is 0. The fourth-order valence-corrected chi connectivity index (χ4v) is 2.90. The number of hydrogen-bond acceptors (Lipinski definition) is 5. The van der Waals surface area contributed by atoms with Crippen LogP contribution in [0.5, 0.6) is 5.75 Å². The standard InChI is InChI=1S/C21H23N5O4/c1-24(2)12-11-22-21(27)20-14-19(15-5-4-6-18(13-15)30-3)23-25(20)16-7-9-17(10-8-16)26(28)29/h4-10,13-14H,11-12H2,1-3H3,(H,22,27)/p+1. The van der Waals surface area contributed by atoms with Crippen molar-refractivity contribution in [3.63, 3.8) is 0 Å². The molecule has 3 rings (SSSR count). The maximum Gasteiger partial charge on any atom is 0.270 e. The number of amides is 1. The Morgan fingerprint density at radius 2 is 1.93 bits per heavy atom. The molecule has 0 aliphatic heterocycles. The summed E-state index contributed by atoms with van der Waals surface area (Å²) in [5.74, 6) is 0.411. The molecule has 9 heteroatoms. The van der Waals surface area contributed by atoms with E-state index in [0.717, 1.165) is 12.1 Å². The molecule has 0 saturated carbocycles. The van der Waals surface area contributed by atoms with Crippen molar-refractivity contribution in [2.75, 3.05) is 34.3 Å². The summed E-state index contributed by atoms with van der Waals surface area (Å²) in [7, 11) is 5.60. The number of likely N-dealkylation sites (N-methyl/N-ethyl adjacent to an activating group) is 1. The van der Waals surface area contributed by atoms with E-state index in [1.54, 1.807) is 25.3 Å². The number of nitro groups is 1. The van der Waals surface area contributed by atoms with Crippen LogP contribution in [-0.2, 0) is 0 Å². The number of nitrogens with one attached hydrogen (secondary N) is 2. The monoisotopic (exact) mass is 410 g/mol. The van der Waals surface area contributed by atoms with Crippen molar-refractivity contribution >= 4 is 11.6 Å². The number of non-ortho nitro benzene ring substituents is 1. The van der Waals surface area contributed by atoms with Gasteiger partial charge in [-0.05, 0) is 30.3 Å². The van der Waals surface area contributed by atoms with E-state index in [4.69, 9.17) is 4.74 Å². The molecule has 0 atom stereocenters. The summed E-state index contributed by atoms with van der Waals surface area (Å²) in [5, 5.41) is 18.4. The van der Waals surface area contributed by atoms with E-state index in [9.17, 15) is 14.9 Å². The highest BCUT2D eigenvalue weighted by Crippen LogP contribution is 2.25. The van der Waals surface area contributed by atoms with Crippen LogP contribution in [-0.4, -0.2) is 54.9 Å². The maximum absolute atomic E-state index is 12.8. The predicted molar refractivity (Wildman–Crippen MR) is 112 cm³/mol. The van der Waals surface area contributed by atoms with Gasteiger partial charge in [-0.15, -0.1) is 0 Å². The molecule has 1 heterocycles. The normalized spacial score (nSPS) is 10.8. The lowest BCUT2D eigenvalue weighted by molar-refractivity contribution is -0.856. The van der Waals surface area contributed by atoms with Crippen LogP contribution in [0, 0.1) is 10.1 Å². The zero-order chi connectivity index (χ0) is 21.7. The fourth-order valence-electron chi connectivity index (χ4n) is 2.90. The van der Waals surface area contributed by atoms with Gasteiger partial charge in [-0.25, -0.2) is 4.68 Å². The van der Waals surface area contributed by atoms with Gasteiger partial charge in [-0.2, -0.15) is 5.10 Å². The minimum absolute atomic E-state index is 0.0288. The number of ether oxygens (including phenoxy) is 1. The maximum atomic E-state index is 12.8. The molecule has 0 bridgehead atoms. The number of quaternary nitrogens is 1. The first-order chi connectivity index (χ1) is 14.4. The van der Waals surface area contributed by atoms with Gasteiger partial charge in [0.2, 0.25) is 0 Å². The third kappa shape index (κ3) is 4.81. The third-order valence-corrected chi connectivity index (χ3v) is 4.52. The van der Waals surface area contributed by atoms with E-state index < -0.39 is 4.92 Å². The van der Waals surface area contributed by atoms with E-state index in [1.807, 2.05) is 38.4 Å². The van der Waals surface area contributed by atoms with Gasteiger partial charge in [-0.1, -0.05) is 12.1 Å². The van der Waals surface area contributed by atoms with E-state index in [1.165, 1.54) is 21.7 Å². The molecule has 0 saturated heterocycles. The van der Waals surface area contributed by atoms with Crippen LogP contribution in [0.4, 0.5) is 5.69 Å². The van der Waals surface area contributed by atoms with Gasteiger partial charge in [0.25, 0.3) is 11.6 Å². The summed E-state index contributed by atoms with van der Waals surface area (Å²) >= 11 is 0. The van der Waals surface area contributed by atoms with Gasteiger partial charge >= 0.3 is 0 Å². The highest BCUT2D eigenvalue weighted by Gasteiger charge is 2.18. The van der Waals surface area contributed by atoms with E-state index >= 15 is 0 Å². The Morgan fingerprint density at radius 1 is 1.20 bits per heavy atom. The van der Waals surface area contributed by atoms with Gasteiger partial charge in [0.05, 0.1) is 50.6 Å². The number of nitrogens with zero attached hydrogens (tertiary/aromatic N) is 3. The van der Waals surface area contributed by atoms with Crippen LogP contribution in [0.15, 0.2) is 54.6 Å². The second kappa shape index (κ2) is 9.19. The van der Waals surface area contributed by atoms with Gasteiger partial charge in [-0.3, -0.25) is 14.9 Å². The van der Waals surface area contributed by atoms with Crippen molar-refractivity contribution in [1.82, 2.24) is 15.1 Å². The number of rotatable bonds is 8. The Kier molecular flexibility index (Phi) is 6.43. The van der Waals surface area contributed by atoms with Crippen LogP contribution >= 0.6 is 0 Å². The Bertz CT molecular complexity index is 1040. The quantitative estimate of drug-likeness (QED) is 0.431. The lowest BCUT2D eigenvalue weighted by atomic mass is 10.1. The molecule has 156 valence electrons. The largest absolute Gasteiger partial charge is 0.497 e. The molecule has 1 aromatic heterocycles. The first-order valence-electron chi connectivity index (χ1n) is 9.45. The molecule has 0 fully saturated rings. The van der Waals surface area contributed by atoms with E-state index in [-0.39, 0.29) is 11.6 Å². The zero-order valence-electron chi connectivity index (χ0n) is 17.1. The topological polar surface area (TPSA) is 104 Å². The molecule has 0 aliphatic rings. The van der Waals surface area contributed by atoms with Crippen LogP contribution in [0.2, 0.25) is 0 Å². The number of nitro benzene ring substituents is 1. The summed E-state index contributed by atoms with van der Waals surface area (Å²) in [5.41, 5.74) is 2.25. The number of hydrogen-bond donors (Lipinski definition) is 2. The van der Waals surface area contributed by atoms with E-state index in [2.05, 4.69) is 10.4 Å². The molecular formula is C21H24N5O4+. The number of methoxy groups -OCH3 is 1. The Labute approximate surface area is 174 Å². The molecular weight excluding hydrogens is 386 g/mol. The van der Waals surface area contributed by atoms with Crippen LogP contribution in [0.25, 0.3) is 16.9 Å². The number of carbonyl (C=O) groups is 1. The molecule has 2 N–H and O–H groups in total. The molecule has 2 aromatic carbocycles. The first kappa shape index (κ1) is 21.0. The molecule has 1 amide bonds. The van der Waals surface area contributed by atoms with Crippen LogP contribution in [0.1, 0.15) is 10.5 Å². The molecule has 30 heavy (non-hydrogen) atoms. The smallest absolute Gasteiger partial charge is 0.270 e. The minimum Gasteiger partial charge on any atom is -0.497 e. The van der Waals surface area contributed by atoms with Crippen molar-refractivity contribution in [3.05, 3.63) is 70.4 Å². The number of benzene rings is 2. The van der Waals surface area contributed by atoms with Gasteiger partial charge in [0.15, 0.2) is 0 Å². The SMILES string of the molecule is COc1cccc(-c2cc(C(=O)NCC[NH+](C)C)n(-c3ccc([N+](=O)[O-])cc3)n2)c1. The first-order valence-corrected chi connectivity index (χ1v) is 9.45. The Balaban J connectivity index is 2.00. The predicted octanol–water partition coefficient (Wildman–Crippen LogP) is 1.33. The van der Waals surface area contributed by atoms with Crippen LogP contribution in [0.3, 0.4) is 0 Å². The highest BCUT2D eigenvalue weighted by atomic mass is 16.6. The average Bonchev–Trinajstić information content (AvgIpc) is 3.19. The summed E-state index contributed by atoms with van der Waals surface area (Å²) in [6.45, 7) is 1.29. The lowest BCUT2D eigenvalue weighted by Crippen LogP contribution is -3.06. The zero-order valence-corrected chi connectivity index (χ0v) is 17.1. The molecule has 0 aliphatic carbocycles. The third-order valence-electron chi connectivity index (χ3n) is 4.52. The highest BCUT2D eigenvalue weighted by molar-refractivity contribution is 5.94. The van der Waals surface area contributed by atoms with Gasteiger partial charge in [0, 0.05) is 17.7 Å². The molecule has 9 nitrogen and oxygen atoms in total. The Morgan fingerprint density at radius 3 is 2.57 bits per heavy atom. The van der Waals surface area contributed by atoms with Crippen molar-refractivity contribution in [3.8, 4) is 22.7 Å². The van der Waals surface area contributed by atoms with Crippen molar-refractivity contribution < 1.29 is 19.4 Å². The number of aromatic nitrogens is 2. The van der Waals surface area contributed by atoms with E-state index in [0.29, 0.717) is 29.4 Å². The van der Waals surface area contributed by atoms with Gasteiger partial charge in [0.1, 0.15) is 11.4 Å².